The first-order valence-electron chi connectivity index (χ1n) is 6.45. The molecule has 2 heterocycles. The molecule has 116 valence electrons. The zero-order chi connectivity index (χ0) is 17.1. The fraction of sp³-hybridized carbons (Fsp3) is 0. The summed E-state index contributed by atoms with van der Waals surface area (Å²) < 4.78 is 0. The van der Waals surface area contributed by atoms with E-state index in [0.717, 1.165) is 0 Å². The van der Waals surface area contributed by atoms with Gasteiger partial charge in [0.25, 0.3) is 0 Å². The summed E-state index contributed by atoms with van der Waals surface area (Å²) in [7, 11) is 0. The summed E-state index contributed by atoms with van der Waals surface area (Å²) in [6.07, 6.45) is 0. The summed E-state index contributed by atoms with van der Waals surface area (Å²) in [6, 6.07) is 6.65. The lowest BCUT2D eigenvalue weighted by molar-refractivity contribution is -0.113. The van der Waals surface area contributed by atoms with Gasteiger partial charge in [0.2, 0.25) is 0 Å². The topological polar surface area (TPSA) is 132 Å². The van der Waals surface area contributed by atoms with Gasteiger partial charge in [-0.3, -0.25) is 9.59 Å². The lowest BCUT2D eigenvalue weighted by Gasteiger charge is -2.18. The van der Waals surface area contributed by atoms with Crippen molar-refractivity contribution in [3.63, 3.8) is 0 Å². The molecule has 0 atom stereocenters. The van der Waals surface area contributed by atoms with Gasteiger partial charge in [0.1, 0.15) is 0 Å². The molecule has 2 aromatic heterocycles. The van der Waals surface area contributed by atoms with Gasteiger partial charge in [-0.1, -0.05) is 22.4 Å². The van der Waals surface area contributed by atoms with Gasteiger partial charge in [0, 0.05) is 19.6 Å². The molecular formula is C14H6N6O2S2. The van der Waals surface area contributed by atoms with Crippen molar-refractivity contribution in [3.8, 4) is 0 Å². The van der Waals surface area contributed by atoms with Crippen LogP contribution < -0.4 is 0 Å². The van der Waals surface area contributed by atoms with E-state index < -0.39 is 11.6 Å². The predicted molar refractivity (Wildman–Crippen MR) is 90.8 cm³/mol. The Balaban J connectivity index is 2.33. The Morgan fingerprint density at radius 3 is 1.50 bits per heavy atom. The lowest BCUT2D eigenvalue weighted by Crippen LogP contribution is -2.20. The summed E-state index contributed by atoms with van der Waals surface area (Å²) in [5.74, 6) is -1.28. The summed E-state index contributed by atoms with van der Waals surface area (Å²) >= 11 is 2.43. The average molecular weight is 354 g/mol. The molecule has 24 heavy (non-hydrogen) atoms. The Morgan fingerprint density at radius 2 is 1.21 bits per heavy atom. The number of azide groups is 2. The second kappa shape index (κ2) is 6.53. The van der Waals surface area contributed by atoms with Crippen molar-refractivity contribution in [2.45, 2.75) is 0 Å². The number of nitrogens with zero attached hydrogens (tertiary/aromatic N) is 6. The molecule has 10 heteroatoms. The predicted octanol–water partition coefficient (Wildman–Crippen LogP) is 4.70. The molecule has 0 spiro atoms. The standard InChI is InChI=1S/C14H6N6O2S2/c15-19-17-11-9(7-3-1-5-23-7)13(21)12(18-20-16)10(14(11)22)8-4-2-6-24-8/h1-6H. The molecule has 0 amide bonds. The minimum atomic E-state index is -0.638. The van der Waals surface area contributed by atoms with Gasteiger partial charge in [-0.25, -0.2) is 0 Å². The van der Waals surface area contributed by atoms with Crippen LogP contribution in [0.2, 0.25) is 0 Å². The maximum absolute atomic E-state index is 12.8. The van der Waals surface area contributed by atoms with E-state index in [1.807, 2.05) is 0 Å². The summed E-state index contributed by atoms with van der Waals surface area (Å²) in [5, 5.41) is 10.3. The molecule has 0 saturated heterocycles. The molecule has 8 nitrogen and oxygen atoms in total. The average Bonchev–Trinajstić information content (AvgIpc) is 3.26. The van der Waals surface area contributed by atoms with E-state index in [9.17, 15) is 9.59 Å². The van der Waals surface area contributed by atoms with E-state index in [2.05, 4.69) is 20.1 Å². The van der Waals surface area contributed by atoms with Gasteiger partial charge in [-0.05, 0) is 34.0 Å². The largest absolute Gasteiger partial charge is 0.289 e. The molecule has 0 bridgehead atoms. The Labute approximate surface area is 142 Å². The maximum atomic E-state index is 12.8. The molecule has 0 radical (unpaired) electrons. The van der Waals surface area contributed by atoms with Crippen molar-refractivity contribution in [1.29, 1.82) is 0 Å². The van der Waals surface area contributed by atoms with Crippen LogP contribution in [0.25, 0.3) is 32.0 Å². The highest BCUT2D eigenvalue weighted by atomic mass is 32.1. The van der Waals surface area contributed by atoms with E-state index in [1.165, 1.54) is 22.7 Å². The highest BCUT2D eigenvalue weighted by Crippen LogP contribution is 2.39. The van der Waals surface area contributed by atoms with Gasteiger partial charge >= 0.3 is 0 Å². The molecule has 0 fully saturated rings. The zero-order valence-corrected chi connectivity index (χ0v) is 13.4. The molecule has 0 unspecified atom stereocenters. The molecule has 1 aliphatic carbocycles. The van der Waals surface area contributed by atoms with Gasteiger partial charge in [-0.2, -0.15) is 0 Å². The van der Waals surface area contributed by atoms with Crippen LogP contribution in [0.5, 0.6) is 0 Å². The number of Topliss-reactive ketones (excluding diaryl/α,β-unsaturated/α-hetero) is 2. The van der Waals surface area contributed by atoms with Crippen LogP contribution in [0.3, 0.4) is 0 Å². The third kappa shape index (κ3) is 2.51. The van der Waals surface area contributed by atoms with Gasteiger partial charge in [-0.15, -0.1) is 22.7 Å². The minimum absolute atomic E-state index is 0.0458. The van der Waals surface area contributed by atoms with Crippen LogP contribution in [0, 0.1) is 0 Å². The molecule has 0 N–H and O–H groups in total. The molecule has 3 rings (SSSR count). The quantitative estimate of drug-likeness (QED) is 0.340. The molecular weight excluding hydrogens is 348 g/mol. The maximum Gasteiger partial charge on any atom is 0.198 e. The molecule has 0 saturated carbocycles. The second-order valence-electron chi connectivity index (χ2n) is 4.44. The first-order chi connectivity index (χ1) is 11.7. The van der Waals surface area contributed by atoms with Gasteiger partial charge in [0.05, 0.1) is 22.5 Å². The van der Waals surface area contributed by atoms with Crippen molar-refractivity contribution in [2.75, 3.05) is 0 Å². The second-order valence-corrected chi connectivity index (χ2v) is 6.33. The number of hydrogen-bond acceptors (Lipinski definition) is 6. The van der Waals surface area contributed by atoms with Crippen LogP contribution in [0.1, 0.15) is 9.75 Å². The van der Waals surface area contributed by atoms with E-state index in [0.29, 0.717) is 9.75 Å². The van der Waals surface area contributed by atoms with Gasteiger partial charge in [0.15, 0.2) is 11.6 Å². The first-order valence-corrected chi connectivity index (χ1v) is 8.21. The van der Waals surface area contributed by atoms with E-state index >= 15 is 0 Å². The number of allylic oxidation sites excluding steroid dienone is 2. The normalized spacial score (nSPS) is 14.5. The van der Waals surface area contributed by atoms with Crippen molar-refractivity contribution in [2.24, 2.45) is 10.2 Å². The van der Waals surface area contributed by atoms with Gasteiger partial charge < -0.3 is 0 Å². The van der Waals surface area contributed by atoms with Crippen LogP contribution in [0.15, 0.2) is 56.6 Å². The zero-order valence-electron chi connectivity index (χ0n) is 11.8. The Hall–Kier alpha value is -3.16. The Morgan fingerprint density at radius 1 is 0.792 bits per heavy atom. The van der Waals surface area contributed by atoms with E-state index in [-0.39, 0.29) is 22.5 Å². The van der Waals surface area contributed by atoms with Crippen LogP contribution >= 0.6 is 22.7 Å². The molecule has 0 aliphatic heterocycles. The summed E-state index contributed by atoms with van der Waals surface area (Å²) in [6.45, 7) is 0. The lowest BCUT2D eigenvalue weighted by atomic mass is 9.89. The third-order valence-corrected chi connectivity index (χ3v) is 4.96. The van der Waals surface area contributed by atoms with Crippen molar-refractivity contribution in [3.05, 3.63) is 77.1 Å². The monoisotopic (exact) mass is 354 g/mol. The number of ketones is 2. The Kier molecular flexibility index (Phi) is 4.28. The highest BCUT2D eigenvalue weighted by molar-refractivity contribution is 7.12. The number of carbonyl (C=O) groups is 2. The molecule has 1 aliphatic rings. The fourth-order valence-electron chi connectivity index (χ4n) is 2.26. The number of rotatable bonds is 4. The number of carbonyl (C=O) groups excluding carboxylic acids is 2. The number of thiophene rings is 2. The Bertz CT molecular complexity index is 906. The van der Waals surface area contributed by atoms with Crippen LogP contribution in [-0.2, 0) is 9.59 Å². The smallest absolute Gasteiger partial charge is 0.198 e. The number of hydrogen-bond donors (Lipinski definition) is 0. The van der Waals surface area contributed by atoms with E-state index in [1.54, 1.807) is 35.0 Å². The van der Waals surface area contributed by atoms with Crippen molar-refractivity contribution in [1.82, 2.24) is 0 Å². The SMILES string of the molecule is [N-]=[N+]=NC1=C(c2cccs2)C(=O)C(N=[N+]=[N-])=C(c2cccs2)C1=O. The van der Waals surface area contributed by atoms with E-state index in [4.69, 9.17) is 11.1 Å². The fourth-order valence-corrected chi connectivity index (χ4v) is 3.79. The first kappa shape index (κ1) is 15.7. The molecule has 0 aromatic carbocycles. The third-order valence-electron chi connectivity index (χ3n) is 3.18. The molecule has 2 aromatic rings. The van der Waals surface area contributed by atoms with Crippen molar-refractivity contribution < 1.29 is 9.59 Å². The van der Waals surface area contributed by atoms with Crippen LogP contribution in [-0.4, -0.2) is 11.6 Å². The summed E-state index contributed by atoms with van der Waals surface area (Å²) in [4.78, 5) is 32.0. The van der Waals surface area contributed by atoms with Crippen LogP contribution in [0.4, 0.5) is 0 Å². The highest BCUT2D eigenvalue weighted by Gasteiger charge is 2.35. The summed E-state index contributed by atoms with van der Waals surface area (Å²) in [5.41, 5.74) is 16.9. The minimum Gasteiger partial charge on any atom is -0.289 e. The van der Waals surface area contributed by atoms with Crippen molar-refractivity contribution >= 4 is 45.4 Å².